The second kappa shape index (κ2) is 8.29. The van der Waals surface area contributed by atoms with Gasteiger partial charge in [0.05, 0.1) is 18.0 Å². The van der Waals surface area contributed by atoms with Gasteiger partial charge in [0.2, 0.25) is 5.91 Å². The van der Waals surface area contributed by atoms with E-state index in [-0.39, 0.29) is 5.91 Å². The van der Waals surface area contributed by atoms with Gasteiger partial charge in [-0.25, -0.2) is 0 Å². The molecule has 6 nitrogen and oxygen atoms in total. The summed E-state index contributed by atoms with van der Waals surface area (Å²) in [6.07, 6.45) is 3.55. The Morgan fingerprint density at radius 1 is 1.19 bits per heavy atom. The van der Waals surface area contributed by atoms with Gasteiger partial charge < -0.3 is 14.5 Å². The summed E-state index contributed by atoms with van der Waals surface area (Å²) in [5, 5.41) is 4.39. The first-order valence-corrected chi connectivity index (χ1v) is 9.45. The maximum atomic E-state index is 12.6. The second-order valence-corrected chi connectivity index (χ2v) is 6.75. The van der Waals surface area contributed by atoms with Crippen LogP contribution in [-0.2, 0) is 11.8 Å². The fraction of sp³-hybridized carbons (Fsp3) is 0.429. The summed E-state index contributed by atoms with van der Waals surface area (Å²) in [6.45, 7) is 9.62. The van der Waals surface area contributed by atoms with Crippen LogP contribution in [0.1, 0.15) is 23.9 Å². The Morgan fingerprint density at radius 3 is 2.52 bits per heavy atom. The van der Waals surface area contributed by atoms with Crippen LogP contribution >= 0.6 is 0 Å². The minimum atomic E-state index is 0.0513. The summed E-state index contributed by atoms with van der Waals surface area (Å²) in [6, 6.07) is 8.09. The molecule has 144 valence electrons. The van der Waals surface area contributed by atoms with Gasteiger partial charge in [0.15, 0.2) is 0 Å². The first kappa shape index (κ1) is 19.0. The lowest BCUT2D eigenvalue weighted by Crippen LogP contribution is -2.48. The van der Waals surface area contributed by atoms with Crippen molar-refractivity contribution >= 4 is 17.7 Å². The molecular formula is C21H28N4O2. The zero-order valence-electron chi connectivity index (χ0n) is 16.6. The first-order chi connectivity index (χ1) is 13.0. The van der Waals surface area contributed by atoms with Crippen LogP contribution in [0.4, 0.5) is 5.69 Å². The molecule has 0 aliphatic carbocycles. The molecule has 2 aromatic rings. The Hall–Kier alpha value is -2.76. The van der Waals surface area contributed by atoms with E-state index in [1.54, 1.807) is 6.08 Å². The van der Waals surface area contributed by atoms with Gasteiger partial charge in [-0.15, -0.1) is 0 Å². The van der Waals surface area contributed by atoms with Crippen molar-refractivity contribution in [2.45, 2.75) is 20.8 Å². The van der Waals surface area contributed by atoms with Crippen LogP contribution in [0.25, 0.3) is 6.08 Å². The standard InChI is InChI=1S/C21H28N4O2/c1-5-27-20-9-7-6-8-19(20)24-12-14-25(15-13-24)21(26)11-10-18-16(2)22-23(4)17(18)3/h6-11H,5,12-15H2,1-4H3/b11-10+. The van der Waals surface area contributed by atoms with Crippen molar-refractivity contribution in [3.63, 3.8) is 0 Å². The van der Waals surface area contributed by atoms with Crippen LogP contribution in [-0.4, -0.2) is 53.4 Å². The highest BCUT2D eigenvalue weighted by molar-refractivity contribution is 5.92. The summed E-state index contributed by atoms with van der Waals surface area (Å²) < 4.78 is 7.58. The number of anilines is 1. The molecule has 0 saturated carbocycles. The number of nitrogens with zero attached hydrogens (tertiary/aromatic N) is 4. The van der Waals surface area contributed by atoms with Crippen molar-refractivity contribution in [3.05, 3.63) is 47.3 Å². The number of rotatable bonds is 5. The Labute approximate surface area is 161 Å². The Balaban J connectivity index is 1.62. The summed E-state index contributed by atoms with van der Waals surface area (Å²) in [5.41, 5.74) is 4.13. The van der Waals surface area contributed by atoms with Gasteiger partial charge in [-0.05, 0) is 39.0 Å². The molecule has 1 aliphatic rings. The number of hydrogen-bond acceptors (Lipinski definition) is 4. The topological polar surface area (TPSA) is 50.6 Å². The van der Waals surface area contributed by atoms with E-state index in [1.807, 2.05) is 61.7 Å². The van der Waals surface area contributed by atoms with Crippen molar-refractivity contribution < 1.29 is 9.53 Å². The van der Waals surface area contributed by atoms with Crippen molar-refractivity contribution in [2.75, 3.05) is 37.7 Å². The third kappa shape index (κ3) is 4.15. The molecule has 27 heavy (non-hydrogen) atoms. The summed E-state index contributed by atoms with van der Waals surface area (Å²) in [5.74, 6) is 0.956. The smallest absolute Gasteiger partial charge is 0.246 e. The zero-order chi connectivity index (χ0) is 19.4. The normalized spacial score (nSPS) is 14.8. The van der Waals surface area contributed by atoms with Crippen molar-refractivity contribution in [2.24, 2.45) is 7.05 Å². The van der Waals surface area contributed by atoms with Gasteiger partial charge in [-0.1, -0.05) is 12.1 Å². The van der Waals surface area contributed by atoms with Crippen molar-refractivity contribution in [3.8, 4) is 5.75 Å². The van der Waals surface area contributed by atoms with Crippen LogP contribution in [0.2, 0.25) is 0 Å². The Morgan fingerprint density at radius 2 is 1.89 bits per heavy atom. The van der Waals surface area contributed by atoms with E-state index in [1.165, 1.54) is 0 Å². The number of aryl methyl sites for hydroxylation is 2. The van der Waals surface area contributed by atoms with E-state index in [0.29, 0.717) is 19.7 Å². The van der Waals surface area contributed by atoms with E-state index < -0.39 is 0 Å². The molecule has 1 aromatic heterocycles. The minimum absolute atomic E-state index is 0.0513. The highest BCUT2D eigenvalue weighted by Gasteiger charge is 2.21. The van der Waals surface area contributed by atoms with E-state index >= 15 is 0 Å². The summed E-state index contributed by atoms with van der Waals surface area (Å²) in [4.78, 5) is 16.8. The van der Waals surface area contributed by atoms with Gasteiger partial charge in [0, 0.05) is 50.6 Å². The van der Waals surface area contributed by atoms with Crippen LogP contribution < -0.4 is 9.64 Å². The van der Waals surface area contributed by atoms with Crippen LogP contribution in [0.15, 0.2) is 30.3 Å². The predicted octanol–water partition coefficient (Wildman–Crippen LogP) is 2.80. The molecule has 0 spiro atoms. The van der Waals surface area contributed by atoms with Crippen LogP contribution in [0, 0.1) is 13.8 Å². The lowest BCUT2D eigenvalue weighted by molar-refractivity contribution is -0.126. The molecule has 0 N–H and O–H groups in total. The highest BCUT2D eigenvalue weighted by Crippen LogP contribution is 2.28. The van der Waals surface area contributed by atoms with E-state index in [9.17, 15) is 4.79 Å². The number of carbonyl (C=O) groups is 1. The molecule has 2 heterocycles. The molecule has 1 aliphatic heterocycles. The lowest BCUT2D eigenvalue weighted by Gasteiger charge is -2.36. The number of benzene rings is 1. The molecule has 1 saturated heterocycles. The van der Waals surface area contributed by atoms with Crippen LogP contribution in [0.5, 0.6) is 5.75 Å². The molecule has 1 amide bonds. The molecule has 6 heteroatoms. The summed E-state index contributed by atoms with van der Waals surface area (Å²) in [7, 11) is 1.92. The molecule has 3 rings (SSSR count). The van der Waals surface area contributed by atoms with Gasteiger partial charge >= 0.3 is 0 Å². The van der Waals surface area contributed by atoms with Gasteiger partial charge in [0.25, 0.3) is 0 Å². The number of aromatic nitrogens is 2. The van der Waals surface area contributed by atoms with Gasteiger partial charge in [0.1, 0.15) is 5.75 Å². The molecule has 1 fully saturated rings. The number of ether oxygens (including phenoxy) is 1. The average molecular weight is 368 g/mol. The number of hydrogen-bond donors (Lipinski definition) is 0. The fourth-order valence-corrected chi connectivity index (χ4v) is 3.45. The van der Waals surface area contributed by atoms with E-state index in [4.69, 9.17) is 4.74 Å². The third-order valence-electron chi connectivity index (χ3n) is 5.05. The third-order valence-corrected chi connectivity index (χ3v) is 5.05. The molecule has 0 unspecified atom stereocenters. The highest BCUT2D eigenvalue weighted by atomic mass is 16.5. The Bertz CT molecular complexity index is 833. The van der Waals surface area contributed by atoms with E-state index in [0.717, 1.165) is 41.5 Å². The molecule has 0 radical (unpaired) electrons. The lowest BCUT2D eigenvalue weighted by atomic mass is 10.1. The maximum Gasteiger partial charge on any atom is 0.246 e. The van der Waals surface area contributed by atoms with Gasteiger partial charge in [-0.2, -0.15) is 5.10 Å². The molecule has 0 atom stereocenters. The fourth-order valence-electron chi connectivity index (χ4n) is 3.45. The second-order valence-electron chi connectivity index (χ2n) is 6.75. The molecule has 1 aromatic carbocycles. The molecule has 0 bridgehead atoms. The molecular weight excluding hydrogens is 340 g/mol. The largest absolute Gasteiger partial charge is 0.492 e. The average Bonchev–Trinajstić information content (AvgIpc) is 2.92. The monoisotopic (exact) mass is 368 g/mol. The van der Waals surface area contributed by atoms with Gasteiger partial charge in [-0.3, -0.25) is 9.48 Å². The Kier molecular flexibility index (Phi) is 5.84. The quantitative estimate of drug-likeness (QED) is 0.762. The summed E-state index contributed by atoms with van der Waals surface area (Å²) >= 11 is 0. The van der Waals surface area contributed by atoms with Crippen LogP contribution in [0.3, 0.4) is 0 Å². The maximum absolute atomic E-state index is 12.6. The van der Waals surface area contributed by atoms with Crippen molar-refractivity contribution in [1.82, 2.24) is 14.7 Å². The SMILES string of the molecule is CCOc1ccccc1N1CCN(C(=O)/C=C/c2c(C)nn(C)c2C)CC1. The number of carbonyl (C=O) groups excluding carboxylic acids is 1. The first-order valence-electron chi connectivity index (χ1n) is 9.45. The number of amides is 1. The zero-order valence-corrected chi connectivity index (χ0v) is 16.6. The minimum Gasteiger partial charge on any atom is -0.492 e. The van der Waals surface area contributed by atoms with Crippen molar-refractivity contribution in [1.29, 1.82) is 0 Å². The number of piperazine rings is 1. The number of para-hydroxylation sites is 2. The van der Waals surface area contributed by atoms with E-state index in [2.05, 4.69) is 16.1 Å². The predicted molar refractivity (Wildman–Crippen MR) is 108 cm³/mol.